The van der Waals surface area contributed by atoms with Crippen LogP contribution >= 0.6 is 0 Å². The van der Waals surface area contributed by atoms with E-state index in [0.29, 0.717) is 11.4 Å². The monoisotopic (exact) mass is 250 g/mol. The van der Waals surface area contributed by atoms with Gasteiger partial charge in [-0.05, 0) is 6.07 Å². The average Bonchev–Trinajstić information content (AvgIpc) is 2.37. The lowest BCUT2D eigenvalue weighted by Gasteiger charge is -2.18. The van der Waals surface area contributed by atoms with Crippen LogP contribution in [0.25, 0.3) is 0 Å². The van der Waals surface area contributed by atoms with Gasteiger partial charge in [0.1, 0.15) is 6.54 Å². The molecule has 0 aliphatic heterocycles. The van der Waals surface area contributed by atoms with E-state index in [4.69, 9.17) is 9.84 Å². The minimum atomic E-state index is -1.08. The molecule has 0 aliphatic carbocycles. The Balaban J connectivity index is 2.86. The molecule has 0 saturated carbocycles. The van der Waals surface area contributed by atoms with E-state index in [0.717, 1.165) is 0 Å². The van der Waals surface area contributed by atoms with Gasteiger partial charge in [-0.15, -0.1) is 6.58 Å². The molecule has 0 bridgehead atoms. The summed E-state index contributed by atoms with van der Waals surface area (Å²) < 4.78 is 4.88. The summed E-state index contributed by atoms with van der Waals surface area (Å²) in [4.78, 5) is 27.7. The fourth-order valence-electron chi connectivity index (χ4n) is 1.35. The molecule has 0 fully saturated rings. The van der Waals surface area contributed by atoms with Crippen molar-refractivity contribution in [3.05, 3.63) is 36.5 Å². The summed E-state index contributed by atoms with van der Waals surface area (Å²) in [6, 6.07) is 3.08. The summed E-state index contributed by atoms with van der Waals surface area (Å²) in [6.07, 6.45) is 2.82. The van der Waals surface area contributed by atoms with Gasteiger partial charge in [0, 0.05) is 18.8 Å². The number of methoxy groups -OCH3 is 1. The second-order valence-corrected chi connectivity index (χ2v) is 3.46. The first-order valence-corrected chi connectivity index (χ1v) is 5.20. The van der Waals surface area contributed by atoms with Gasteiger partial charge < -0.3 is 14.7 Å². The summed E-state index contributed by atoms with van der Waals surface area (Å²) in [5.74, 6) is -1.10. The summed E-state index contributed by atoms with van der Waals surface area (Å²) in [6.45, 7) is 3.27. The van der Waals surface area contributed by atoms with Crippen molar-refractivity contribution in [2.45, 2.75) is 0 Å². The van der Waals surface area contributed by atoms with Gasteiger partial charge in [0.05, 0.1) is 12.7 Å². The molecule has 1 rings (SSSR count). The normalized spacial score (nSPS) is 9.61. The Morgan fingerprint density at radius 2 is 2.28 bits per heavy atom. The molecule has 1 aromatic rings. The van der Waals surface area contributed by atoms with Crippen molar-refractivity contribution in [1.82, 2.24) is 9.88 Å². The summed E-state index contributed by atoms with van der Waals surface area (Å²) in [5, 5.41) is 8.72. The number of carboxylic acids is 1. The van der Waals surface area contributed by atoms with E-state index < -0.39 is 11.9 Å². The predicted molar refractivity (Wildman–Crippen MR) is 64.5 cm³/mol. The minimum Gasteiger partial charge on any atom is -0.481 e. The van der Waals surface area contributed by atoms with Gasteiger partial charge in [-0.25, -0.2) is 4.98 Å². The highest BCUT2D eigenvalue weighted by atomic mass is 16.5. The number of hydrogen-bond acceptors (Lipinski definition) is 4. The van der Waals surface area contributed by atoms with Crippen LogP contribution in [-0.2, 0) is 4.79 Å². The van der Waals surface area contributed by atoms with Crippen LogP contribution in [0, 0.1) is 0 Å². The molecular weight excluding hydrogens is 236 g/mol. The Morgan fingerprint density at radius 1 is 1.56 bits per heavy atom. The van der Waals surface area contributed by atoms with E-state index in [1.165, 1.54) is 30.3 Å². The summed E-state index contributed by atoms with van der Waals surface area (Å²) in [5.41, 5.74) is 0.305. The van der Waals surface area contributed by atoms with Crippen LogP contribution in [0.4, 0.5) is 0 Å². The third kappa shape index (κ3) is 3.58. The highest BCUT2D eigenvalue weighted by Crippen LogP contribution is 2.09. The molecule has 0 aliphatic rings. The molecule has 1 amide bonds. The Morgan fingerprint density at radius 3 is 2.72 bits per heavy atom. The highest BCUT2D eigenvalue weighted by molar-refractivity contribution is 5.95. The third-order valence-corrected chi connectivity index (χ3v) is 2.16. The van der Waals surface area contributed by atoms with Crippen LogP contribution in [0.1, 0.15) is 10.4 Å². The lowest BCUT2D eigenvalue weighted by Crippen LogP contribution is -2.35. The fourth-order valence-corrected chi connectivity index (χ4v) is 1.35. The van der Waals surface area contributed by atoms with Gasteiger partial charge in [0.25, 0.3) is 5.91 Å². The van der Waals surface area contributed by atoms with Crippen LogP contribution in [-0.4, -0.2) is 47.1 Å². The molecule has 0 spiro atoms. The van der Waals surface area contributed by atoms with Gasteiger partial charge >= 0.3 is 5.97 Å². The van der Waals surface area contributed by atoms with Crippen LogP contribution in [0.2, 0.25) is 0 Å². The third-order valence-electron chi connectivity index (χ3n) is 2.16. The first kappa shape index (κ1) is 13.7. The predicted octanol–water partition coefficient (Wildman–Crippen LogP) is 0.803. The van der Waals surface area contributed by atoms with Crippen molar-refractivity contribution in [2.24, 2.45) is 0 Å². The number of pyridine rings is 1. The minimum absolute atomic E-state index is 0.164. The molecule has 0 unspecified atom stereocenters. The van der Waals surface area contributed by atoms with Gasteiger partial charge in [0.2, 0.25) is 5.88 Å². The molecule has 96 valence electrons. The second kappa shape index (κ2) is 6.39. The van der Waals surface area contributed by atoms with Gasteiger partial charge in [0.15, 0.2) is 0 Å². The lowest BCUT2D eigenvalue weighted by molar-refractivity contribution is -0.137. The summed E-state index contributed by atoms with van der Waals surface area (Å²) >= 11 is 0. The fraction of sp³-hybridized carbons (Fsp3) is 0.250. The van der Waals surface area contributed by atoms with Gasteiger partial charge in [-0.2, -0.15) is 0 Å². The molecule has 0 radical (unpaired) electrons. The zero-order valence-corrected chi connectivity index (χ0v) is 10.00. The molecule has 6 nitrogen and oxygen atoms in total. The van der Waals surface area contributed by atoms with Crippen molar-refractivity contribution in [2.75, 3.05) is 20.2 Å². The van der Waals surface area contributed by atoms with E-state index in [-0.39, 0.29) is 13.1 Å². The first-order valence-electron chi connectivity index (χ1n) is 5.20. The van der Waals surface area contributed by atoms with E-state index in [1.807, 2.05) is 0 Å². The van der Waals surface area contributed by atoms with Crippen molar-refractivity contribution >= 4 is 11.9 Å². The maximum atomic E-state index is 12.0. The SMILES string of the molecule is C=CCN(CC(=O)O)C(=O)c1ccc(OC)nc1. The molecule has 1 N–H and O–H groups in total. The van der Waals surface area contributed by atoms with E-state index >= 15 is 0 Å². The lowest BCUT2D eigenvalue weighted by atomic mass is 10.2. The van der Waals surface area contributed by atoms with Gasteiger partial charge in [-0.3, -0.25) is 9.59 Å². The van der Waals surface area contributed by atoms with Crippen molar-refractivity contribution in [1.29, 1.82) is 0 Å². The topological polar surface area (TPSA) is 79.7 Å². The van der Waals surface area contributed by atoms with Crippen LogP contribution < -0.4 is 4.74 Å². The molecule has 18 heavy (non-hydrogen) atoms. The largest absolute Gasteiger partial charge is 0.481 e. The number of amides is 1. The molecular formula is C12H14N2O4. The number of carbonyl (C=O) groups excluding carboxylic acids is 1. The van der Waals surface area contributed by atoms with Crippen LogP contribution in [0.5, 0.6) is 5.88 Å². The Kier molecular flexibility index (Phi) is 4.86. The standard InChI is InChI=1S/C12H14N2O4/c1-3-6-14(8-11(15)16)12(17)9-4-5-10(18-2)13-7-9/h3-5,7H,1,6,8H2,2H3,(H,15,16). The Bertz CT molecular complexity index is 442. The number of ether oxygens (including phenoxy) is 1. The zero-order valence-electron chi connectivity index (χ0n) is 10.00. The van der Waals surface area contributed by atoms with Gasteiger partial charge in [-0.1, -0.05) is 6.08 Å². The molecule has 6 heteroatoms. The molecule has 0 atom stereocenters. The van der Waals surface area contributed by atoms with E-state index in [2.05, 4.69) is 11.6 Å². The molecule has 1 heterocycles. The maximum Gasteiger partial charge on any atom is 0.323 e. The van der Waals surface area contributed by atoms with Crippen LogP contribution in [0.15, 0.2) is 31.0 Å². The number of aliphatic carboxylic acids is 1. The summed E-state index contributed by atoms with van der Waals surface area (Å²) in [7, 11) is 1.47. The van der Waals surface area contributed by atoms with Crippen LogP contribution in [0.3, 0.4) is 0 Å². The van der Waals surface area contributed by atoms with Crippen molar-refractivity contribution in [3.63, 3.8) is 0 Å². The number of hydrogen-bond donors (Lipinski definition) is 1. The average molecular weight is 250 g/mol. The highest BCUT2D eigenvalue weighted by Gasteiger charge is 2.17. The zero-order chi connectivity index (χ0) is 13.5. The molecule has 1 aromatic heterocycles. The van der Waals surface area contributed by atoms with E-state index in [9.17, 15) is 9.59 Å². The number of rotatable bonds is 6. The Labute approximate surface area is 105 Å². The quantitative estimate of drug-likeness (QED) is 0.755. The maximum absolute atomic E-state index is 12.0. The second-order valence-electron chi connectivity index (χ2n) is 3.46. The van der Waals surface area contributed by atoms with E-state index in [1.54, 1.807) is 6.07 Å². The Hall–Kier alpha value is -2.37. The number of aromatic nitrogens is 1. The molecule has 0 saturated heterocycles. The first-order chi connectivity index (χ1) is 8.58. The number of carbonyl (C=O) groups is 2. The number of nitrogens with zero attached hydrogens (tertiary/aromatic N) is 2. The van der Waals surface area contributed by atoms with Crippen molar-refractivity contribution in [3.8, 4) is 5.88 Å². The molecule has 0 aromatic carbocycles. The van der Waals surface area contributed by atoms with Crippen molar-refractivity contribution < 1.29 is 19.4 Å². The number of carboxylic acid groups (broad SMARTS) is 1. The smallest absolute Gasteiger partial charge is 0.323 e.